The predicted molar refractivity (Wildman–Crippen MR) is 196 cm³/mol. The van der Waals surface area contributed by atoms with Crippen LogP contribution in [0.3, 0.4) is 0 Å². The number of allylic oxidation sites excluding steroid dienone is 8. The summed E-state index contributed by atoms with van der Waals surface area (Å²) in [4.78, 5) is 4.17. The number of rotatable bonds is 5. The highest BCUT2D eigenvalue weighted by Crippen LogP contribution is 2.46. The minimum absolute atomic E-state index is 0.256. The summed E-state index contributed by atoms with van der Waals surface area (Å²) in [6.07, 6.45) is 17.3. The van der Waals surface area contributed by atoms with Crippen molar-refractivity contribution in [3.8, 4) is 27.9 Å². The molecule has 0 bridgehead atoms. The van der Waals surface area contributed by atoms with Crippen molar-refractivity contribution in [2.24, 2.45) is 5.92 Å². The smallest absolute Gasteiger partial charge is 0.0541 e. The van der Waals surface area contributed by atoms with Crippen LogP contribution in [0, 0.1) is 5.92 Å². The average molecular weight is 601 g/mol. The molecule has 7 aromatic rings. The summed E-state index contributed by atoms with van der Waals surface area (Å²) in [5.74, 6) is 0.523. The lowest BCUT2D eigenvalue weighted by Crippen LogP contribution is -2.19. The Kier molecular flexibility index (Phi) is 6.64. The van der Waals surface area contributed by atoms with E-state index in [1.165, 1.54) is 72.0 Å². The van der Waals surface area contributed by atoms with Crippen LogP contribution in [-0.4, -0.2) is 9.55 Å². The van der Waals surface area contributed by atoms with Crippen LogP contribution in [0.5, 0.6) is 0 Å². The Morgan fingerprint density at radius 3 is 2.00 bits per heavy atom. The highest BCUT2D eigenvalue weighted by molar-refractivity contribution is 6.10. The largest absolute Gasteiger partial charge is 0.309 e. The van der Waals surface area contributed by atoms with Crippen LogP contribution in [0.15, 0.2) is 188 Å². The third-order valence-electron chi connectivity index (χ3n) is 9.77. The van der Waals surface area contributed by atoms with E-state index in [0.717, 1.165) is 0 Å². The number of hydrogen-bond acceptors (Lipinski definition) is 1. The van der Waals surface area contributed by atoms with E-state index >= 15 is 0 Å². The van der Waals surface area contributed by atoms with Crippen LogP contribution in [0.2, 0.25) is 0 Å². The fraction of sp³-hybridized carbons (Fsp3) is 0.0444. The van der Waals surface area contributed by atoms with Gasteiger partial charge in [-0.05, 0) is 87.0 Å². The summed E-state index contributed by atoms with van der Waals surface area (Å²) in [7, 11) is 0. The summed E-state index contributed by atoms with van der Waals surface area (Å²) >= 11 is 0. The maximum absolute atomic E-state index is 4.17. The molecule has 2 aliphatic rings. The zero-order valence-corrected chi connectivity index (χ0v) is 25.9. The molecular weight excluding hydrogens is 569 g/mol. The van der Waals surface area contributed by atoms with Gasteiger partial charge in [0.05, 0.1) is 11.0 Å². The Bertz CT molecular complexity index is 2370. The number of hydrogen-bond donors (Lipinski definition) is 0. The molecule has 2 atom stereocenters. The van der Waals surface area contributed by atoms with Gasteiger partial charge >= 0.3 is 0 Å². The van der Waals surface area contributed by atoms with Gasteiger partial charge in [-0.25, -0.2) is 0 Å². The molecular formula is C45H32N2. The van der Waals surface area contributed by atoms with E-state index in [0.29, 0.717) is 0 Å². The van der Waals surface area contributed by atoms with Crippen LogP contribution >= 0.6 is 0 Å². The maximum atomic E-state index is 4.17. The Hall–Kier alpha value is -5.99. The molecule has 2 nitrogen and oxygen atoms in total. The first-order chi connectivity index (χ1) is 23.3. The van der Waals surface area contributed by atoms with Crippen LogP contribution < -0.4 is 0 Å². The zero-order valence-electron chi connectivity index (χ0n) is 25.9. The molecule has 47 heavy (non-hydrogen) atoms. The van der Waals surface area contributed by atoms with Gasteiger partial charge in [0.25, 0.3) is 0 Å². The van der Waals surface area contributed by atoms with Gasteiger partial charge in [0, 0.05) is 40.7 Å². The molecule has 2 aromatic heterocycles. The summed E-state index contributed by atoms with van der Waals surface area (Å²) in [6.45, 7) is 0. The standard InChI is InChI=1S/C45H32N2/c1-2-10-38(11-3-1)47-43-15-5-4-12-41(43)42-30-37(24-25-44(42)47)32-18-22-35(23-19-32)40-14-7-9-36-8-6-13-39(45(36)40)34-20-16-31(17-21-34)33-26-28-46-29-27-33/h1-30,40,45H. The highest BCUT2D eigenvalue weighted by atomic mass is 15.0. The molecule has 2 aliphatic carbocycles. The second-order valence-electron chi connectivity index (χ2n) is 12.4. The summed E-state index contributed by atoms with van der Waals surface area (Å²) in [6, 6.07) is 48.6. The van der Waals surface area contributed by atoms with E-state index in [-0.39, 0.29) is 11.8 Å². The van der Waals surface area contributed by atoms with Crippen molar-refractivity contribution in [1.29, 1.82) is 0 Å². The van der Waals surface area contributed by atoms with Gasteiger partial charge in [0.15, 0.2) is 0 Å². The molecule has 2 heteroatoms. The van der Waals surface area contributed by atoms with E-state index in [9.17, 15) is 0 Å². The minimum atomic E-state index is 0.256. The average Bonchev–Trinajstić information content (AvgIpc) is 3.49. The number of pyridine rings is 1. The Morgan fingerprint density at radius 1 is 0.511 bits per heavy atom. The predicted octanol–water partition coefficient (Wildman–Crippen LogP) is 11.4. The van der Waals surface area contributed by atoms with Crippen molar-refractivity contribution in [2.75, 3.05) is 0 Å². The van der Waals surface area contributed by atoms with E-state index in [2.05, 4.69) is 179 Å². The molecule has 222 valence electrons. The van der Waals surface area contributed by atoms with E-state index in [1.807, 2.05) is 12.4 Å². The highest BCUT2D eigenvalue weighted by Gasteiger charge is 2.31. The molecule has 0 radical (unpaired) electrons. The van der Waals surface area contributed by atoms with E-state index in [1.54, 1.807) is 0 Å². The summed E-state index contributed by atoms with van der Waals surface area (Å²) < 4.78 is 2.37. The zero-order chi connectivity index (χ0) is 31.2. The van der Waals surface area contributed by atoms with Crippen molar-refractivity contribution in [2.45, 2.75) is 5.92 Å². The van der Waals surface area contributed by atoms with Gasteiger partial charge in [-0.3, -0.25) is 4.98 Å². The Labute approximate surface area is 275 Å². The molecule has 0 amide bonds. The van der Waals surface area contributed by atoms with Crippen molar-refractivity contribution < 1.29 is 0 Å². The van der Waals surface area contributed by atoms with Crippen molar-refractivity contribution >= 4 is 27.4 Å². The lowest BCUT2D eigenvalue weighted by molar-refractivity contribution is 0.687. The van der Waals surface area contributed by atoms with Gasteiger partial charge in [0.2, 0.25) is 0 Å². The maximum Gasteiger partial charge on any atom is 0.0541 e. The SMILES string of the molecule is C1=CC2=CC=CC(c3ccc(-c4ccc5c(c4)c4ccccc4n5-c4ccccc4)cc3)C2C(c2ccc(-c3ccncc3)cc2)=C1. The Balaban J connectivity index is 1.05. The topological polar surface area (TPSA) is 17.8 Å². The lowest BCUT2D eigenvalue weighted by Gasteiger charge is -2.33. The number of para-hydroxylation sites is 2. The third kappa shape index (κ3) is 4.78. The third-order valence-corrected chi connectivity index (χ3v) is 9.77. The molecule has 2 heterocycles. The number of benzene rings is 5. The molecule has 5 aromatic carbocycles. The molecule has 9 rings (SSSR count). The van der Waals surface area contributed by atoms with Gasteiger partial charge in [0.1, 0.15) is 0 Å². The quantitative estimate of drug-likeness (QED) is 0.192. The number of fused-ring (bicyclic) bond motifs is 4. The lowest BCUT2D eigenvalue weighted by atomic mass is 9.70. The first-order valence-corrected chi connectivity index (χ1v) is 16.3. The van der Waals surface area contributed by atoms with Crippen LogP contribution in [0.4, 0.5) is 0 Å². The van der Waals surface area contributed by atoms with Gasteiger partial charge < -0.3 is 4.57 Å². The number of aromatic nitrogens is 2. The Morgan fingerprint density at radius 2 is 1.17 bits per heavy atom. The van der Waals surface area contributed by atoms with Crippen LogP contribution in [0.1, 0.15) is 17.0 Å². The molecule has 0 N–H and O–H groups in total. The summed E-state index contributed by atoms with van der Waals surface area (Å²) in [5.41, 5.74) is 13.8. The second kappa shape index (κ2) is 11.4. The van der Waals surface area contributed by atoms with E-state index in [4.69, 9.17) is 0 Å². The van der Waals surface area contributed by atoms with Gasteiger partial charge in [-0.2, -0.15) is 0 Å². The molecule has 0 aliphatic heterocycles. The van der Waals surface area contributed by atoms with Crippen molar-refractivity contribution in [3.63, 3.8) is 0 Å². The van der Waals surface area contributed by atoms with Crippen LogP contribution in [0.25, 0.3) is 55.3 Å². The normalized spacial score (nSPS) is 17.0. The molecule has 0 saturated heterocycles. The minimum Gasteiger partial charge on any atom is -0.309 e. The molecule has 0 fully saturated rings. The fourth-order valence-corrected chi connectivity index (χ4v) is 7.49. The molecule has 0 spiro atoms. The van der Waals surface area contributed by atoms with Gasteiger partial charge in [-0.15, -0.1) is 0 Å². The van der Waals surface area contributed by atoms with Crippen molar-refractivity contribution in [1.82, 2.24) is 9.55 Å². The van der Waals surface area contributed by atoms with Crippen molar-refractivity contribution in [3.05, 3.63) is 199 Å². The summed E-state index contributed by atoms with van der Waals surface area (Å²) in [5, 5.41) is 2.55. The molecule has 2 unspecified atom stereocenters. The monoisotopic (exact) mass is 600 g/mol. The van der Waals surface area contributed by atoms with Gasteiger partial charge in [-0.1, -0.05) is 127 Å². The first kappa shape index (κ1) is 27.3. The number of nitrogens with zero attached hydrogens (tertiary/aromatic N) is 2. The second-order valence-corrected chi connectivity index (χ2v) is 12.4. The fourth-order valence-electron chi connectivity index (χ4n) is 7.49. The van der Waals surface area contributed by atoms with E-state index < -0.39 is 0 Å². The molecule has 0 saturated carbocycles. The first-order valence-electron chi connectivity index (χ1n) is 16.3. The van der Waals surface area contributed by atoms with Crippen LogP contribution in [-0.2, 0) is 0 Å².